The number of halogens is 3. The van der Waals surface area contributed by atoms with Gasteiger partial charge in [-0.1, -0.05) is 6.92 Å². The summed E-state index contributed by atoms with van der Waals surface area (Å²) < 4.78 is 37.3. The zero-order valence-electron chi connectivity index (χ0n) is 7.62. The third-order valence-corrected chi connectivity index (χ3v) is 2.37. The van der Waals surface area contributed by atoms with Gasteiger partial charge < -0.3 is 10.6 Å². The van der Waals surface area contributed by atoms with E-state index in [4.69, 9.17) is 0 Å². The largest absolute Gasteiger partial charge is 0.393 e. The molecule has 0 aliphatic carbocycles. The summed E-state index contributed by atoms with van der Waals surface area (Å²) in [6.45, 7) is 3.28. The third kappa shape index (κ3) is 2.84. The van der Waals surface area contributed by atoms with Crippen molar-refractivity contribution in [1.82, 2.24) is 10.6 Å². The molecule has 1 fully saturated rings. The predicted molar refractivity (Wildman–Crippen MR) is 44.5 cm³/mol. The minimum Gasteiger partial charge on any atom is -0.315 e. The highest BCUT2D eigenvalue weighted by Gasteiger charge is 2.45. The Morgan fingerprint density at radius 1 is 1.46 bits per heavy atom. The van der Waals surface area contributed by atoms with Crippen molar-refractivity contribution >= 4 is 0 Å². The number of likely N-dealkylation sites (N-methyl/N-ethyl adjacent to an activating group) is 1. The molecule has 0 bridgehead atoms. The van der Waals surface area contributed by atoms with Gasteiger partial charge in [0.15, 0.2) is 0 Å². The Morgan fingerprint density at radius 2 is 2.15 bits per heavy atom. The van der Waals surface area contributed by atoms with Crippen molar-refractivity contribution < 1.29 is 13.2 Å². The van der Waals surface area contributed by atoms with Crippen LogP contribution >= 0.6 is 0 Å². The van der Waals surface area contributed by atoms with Crippen LogP contribution in [0.4, 0.5) is 13.2 Å². The summed E-state index contributed by atoms with van der Waals surface area (Å²) in [4.78, 5) is 0. The molecule has 13 heavy (non-hydrogen) atoms. The molecular weight excluding hydrogens is 181 g/mol. The lowest BCUT2D eigenvalue weighted by atomic mass is 9.92. The van der Waals surface area contributed by atoms with Crippen molar-refractivity contribution in [2.24, 2.45) is 5.92 Å². The van der Waals surface area contributed by atoms with Gasteiger partial charge in [-0.15, -0.1) is 0 Å². The maximum absolute atomic E-state index is 12.4. The molecule has 0 aromatic heterocycles. The first-order chi connectivity index (χ1) is 6.05. The summed E-state index contributed by atoms with van der Waals surface area (Å²) in [6.07, 6.45) is -3.88. The molecule has 5 heteroatoms. The SMILES string of the molecule is CCN[C@H]1CNCC[C@@H]1C(F)(F)F. The van der Waals surface area contributed by atoms with Crippen LogP contribution in [0, 0.1) is 5.92 Å². The number of nitrogens with one attached hydrogen (secondary N) is 2. The number of hydrogen-bond donors (Lipinski definition) is 2. The van der Waals surface area contributed by atoms with E-state index in [2.05, 4.69) is 10.6 Å². The van der Waals surface area contributed by atoms with Gasteiger partial charge >= 0.3 is 6.18 Å². The van der Waals surface area contributed by atoms with E-state index in [1.54, 1.807) is 0 Å². The van der Waals surface area contributed by atoms with Crippen molar-refractivity contribution in [3.8, 4) is 0 Å². The molecule has 0 aromatic carbocycles. The summed E-state index contributed by atoms with van der Waals surface area (Å²) in [5.74, 6) is -1.19. The quantitative estimate of drug-likeness (QED) is 0.692. The highest BCUT2D eigenvalue weighted by Crippen LogP contribution is 2.32. The molecule has 1 aliphatic rings. The van der Waals surface area contributed by atoms with Gasteiger partial charge in [-0.2, -0.15) is 13.2 Å². The van der Waals surface area contributed by atoms with Crippen LogP contribution in [0.1, 0.15) is 13.3 Å². The fourth-order valence-corrected chi connectivity index (χ4v) is 1.73. The minimum absolute atomic E-state index is 0.182. The number of alkyl halides is 3. The molecule has 2 atom stereocenters. The van der Waals surface area contributed by atoms with Crippen LogP contribution < -0.4 is 10.6 Å². The summed E-state index contributed by atoms with van der Waals surface area (Å²) >= 11 is 0. The fourth-order valence-electron chi connectivity index (χ4n) is 1.73. The standard InChI is InChI=1S/C8H15F3N2/c1-2-13-7-5-12-4-3-6(7)8(9,10)11/h6-7,12-13H,2-5H2,1H3/t6-,7-/m0/s1. The van der Waals surface area contributed by atoms with Crippen LogP contribution in [0.15, 0.2) is 0 Å². The second-order valence-corrected chi connectivity index (χ2v) is 3.31. The molecule has 0 aromatic rings. The van der Waals surface area contributed by atoms with Crippen LogP contribution in [0.25, 0.3) is 0 Å². The highest BCUT2D eigenvalue weighted by atomic mass is 19.4. The number of rotatable bonds is 2. The Bertz CT molecular complexity index is 156. The predicted octanol–water partition coefficient (Wildman–Crippen LogP) is 1.14. The lowest BCUT2D eigenvalue weighted by Gasteiger charge is -2.33. The maximum atomic E-state index is 12.4. The molecule has 0 spiro atoms. The van der Waals surface area contributed by atoms with Gasteiger partial charge in [-0.25, -0.2) is 0 Å². The average molecular weight is 196 g/mol. The van der Waals surface area contributed by atoms with E-state index in [0.717, 1.165) is 0 Å². The van der Waals surface area contributed by atoms with Crippen molar-refractivity contribution in [1.29, 1.82) is 0 Å². The maximum Gasteiger partial charge on any atom is 0.393 e. The first kappa shape index (κ1) is 10.8. The number of hydrogen-bond acceptors (Lipinski definition) is 2. The Kier molecular flexibility index (Phi) is 3.55. The Labute approximate surface area is 75.9 Å². The number of piperidine rings is 1. The smallest absolute Gasteiger partial charge is 0.315 e. The molecule has 2 nitrogen and oxygen atoms in total. The first-order valence-corrected chi connectivity index (χ1v) is 4.56. The summed E-state index contributed by atoms with van der Waals surface area (Å²) in [7, 11) is 0. The molecule has 0 amide bonds. The summed E-state index contributed by atoms with van der Waals surface area (Å²) in [5, 5.41) is 5.82. The van der Waals surface area contributed by atoms with Crippen molar-refractivity contribution in [2.45, 2.75) is 25.6 Å². The van der Waals surface area contributed by atoms with Crippen LogP contribution in [0.5, 0.6) is 0 Å². The average Bonchev–Trinajstić information content (AvgIpc) is 2.04. The van der Waals surface area contributed by atoms with Gasteiger partial charge in [0.2, 0.25) is 0 Å². The molecule has 0 saturated carbocycles. The Hall–Kier alpha value is -0.290. The van der Waals surface area contributed by atoms with Crippen molar-refractivity contribution in [3.63, 3.8) is 0 Å². The van der Waals surface area contributed by atoms with Crippen molar-refractivity contribution in [2.75, 3.05) is 19.6 Å². The minimum atomic E-state index is -4.06. The van der Waals surface area contributed by atoms with Gasteiger partial charge in [0.25, 0.3) is 0 Å². The van der Waals surface area contributed by atoms with Gasteiger partial charge in [0.1, 0.15) is 0 Å². The van der Waals surface area contributed by atoms with Gasteiger partial charge in [0, 0.05) is 12.6 Å². The van der Waals surface area contributed by atoms with Gasteiger partial charge in [-0.05, 0) is 19.5 Å². The highest BCUT2D eigenvalue weighted by molar-refractivity contribution is 4.87. The Balaban J connectivity index is 2.56. The van der Waals surface area contributed by atoms with E-state index in [1.165, 1.54) is 0 Å². The first-order valence-electron chi connectivity index (χ1n) is 4.56. The zero-order chi connectivity index (χ0) is 9.90. The van der Waals surface area contributed by atoms with Gasteiger partial charge in [-0.3, -0.25) is 0 Å². The van der Waals surface area contributed by atoms with E-state index in [-0.39, 0.29) is 6.42 Å². The topological polar surface area (TPSA) is 24.1 Å². The van der Waals surface area contributed by atoms with Crippen LogP contribution in [0.2, 0.25) is 0 Å². The zero-order valence-corrected chi connectivity index (χ0v) is 7.62. The lowest BCUT2D eigenvalue weighted by Crippen LogP contribution is -2.53. The van der Waals surface area contributed by atoms with Gasteiger partial charge in [0.05, 0.1) is 5.92 Å². The van der Waals surface area contributed by atoms with E-state index in [9.17, 15) is 13.2 Å². The summed E-state index contributed by atoms with van der Waals surface area (Å²) in [5.41, 5.74) is 0. The van der Waals surface area contributed by atoms with E-state index in [0.29, 0.717) is 19.6 Å². The van der Waals surface area contributed by atoms with E-state index in [1.807, 2.05) is 6.92 Å². The Morgan fingerprint density at radius 3 is 2.69 bits per heavy atom. The lowest BCUT2D eigenvalue weighted by molar-refractivity contribution is -0.186. The van der Waals surface area contributed by atoms with E-state index < -0.39 is 18.1 Å². The molecule has 1 aliphatic heterocycles. The monoisotopic (exact) mass is 196 g/mol. The summed E-state index contributed by atoms with van der Waals surface area (Å²) in [6, 6.07) is -0.459. The molecule has 2 N–H and O–H groups in total. The second kappa shape index (κ2) is 4.28. The molecule has 0 unspecified atom stereocenters. The van der Waals surface area contributed by atoms with E-state index >= 15 is 0 Å². The van der Waals surface area contributed by atoms with Crippen LogP contribution in [-0.2, 0) is 0 Å². The fraction of sp³-hybridized carbons (Fsp3) is 1.00. The van der Waals surface area contributed by atoms with Crippen LogP contribution in [-0.4, -0.2) is 31.9 Å². The second-order valence-electron chi connectivity index (χ2n) is 3.31. The van der Waals surface area contributed by atoms with Crippen molar-refractivity contribution in [3.05, 3.63) is 0 Å². The molecule has 1 heterocycles. The molecule has 1 saturated heterocycles. The molecule has 78 valence electrons. The van der Waals surface area contributed by atoms with Crippen LogP contribution in [0.3, 0.4) is 0 Å². The molecule has 1 rings (SSSR count). The molecule has 0 radical (unpaired) electrons. The molecular formula is C8H15F3N2. The third-order valence-electron chi connectivity index (χ3n) is 2.37. The normalized spacial score (nSPS) is 30.5.